The molecule has 1 heteroatoms. The van der Waals surface area contributed by atoms with E-state index in [0.717, 1.165) is 5.76 Å². The molecule has 0 amide bonds. The van der Waals surface area contributed by atoms with Gasteiger partial charge in [-0.3, -0.25) is 0 Å². The number of allylic oxidation sites excluding steroid dienone is 1. The molecule has 0 fully saturated rings. The zero-order valence-corrected chi connectivity index (χ0v) is 9.35. The van der Waals surface area contributed by atoms with Crippen molar-refractivity contribution in [3.8, 4) is 0 Å². The minimum absolute atomic E-state index is 0.106. The molecule has 0 spiro atoms. The van der Waals surface area contributed by atoms with E-state index >= 15 is 0 Å². The van der Waals surface area contributed by atoms with Gasteiger partial charge in [0, 0.05) is 11.8 Å². The highest BCUT2D eigenvalue weighted by Crippen LogP contribution is 2.39. The SMILES string of the molecule is C=C(C)C1C=C(C(C)C)OC1(C)C. The minimum atomic E-state index is -0.106. The predicted octanol–water partition coefficient (Wildman–Crippen LogP) is 3.53. The van der Waals surface area contributed by atoms with Gasteiger partial charge < -0.3 is 4.74 Å². The molecule has 0 aromatic rings. The molecule has 0 bridgehead atoms. The first-order chi connectivity index (χ1) is 5.84. The van der Waals surface area contributed by atoms with E-state index in [9.17, 15) is 0 Å². The van der Waals surface area contributed by atoms with Gasteiger partial charge in [0.25, 0.3) is 0 Å². The molecule has 0 N–H and O–H groups in total. The van der Waals surface area contributed by atoms with Crippen LogP contribution in [0.4, 0.5) is 0 Å². The molecule has 1 aliphatic heterocycles. The lowest BCUT2D eigenvalue weighted by atomic mass is 9.87. The average molecular weight is 180 g/mol. The van der Waals surface area contributed by atoms with Crippen LogP contribution in [-0.4, -0.2) is 5.60 Å². The summed E-state index contributed by atoms with van der Waals surface area (Å²) in [6, 6.07) is 0. The van der Waals surface area contributed by atoms with Crippen molar-refractivity contribution in [2.75, 3.05) is 0 Å². The van der Waals surface area contributed by atoms with Crippen molar-refractivity contribution in [1.29, 1.82) is 0 Å². The second-order valence-corrected chi connectivity index (χ2v) is 4.75. The van der Waals surface area contributed by atoms with Gasteiger partial charge in [0.05, 0.1) is 5.76 Å². The Morgan fingerprint density at radius 3 is 2.31 bits per heavy atom. The van der Waals surface area contributed by atoms with E-state index in [2.05, 4.69) is 47.3 Å². The first-order valence-corrected chi connectivity index (χ1v) is 4.90. The maximum Gasteiger partial charge on any atom is 0.113 e. The molecule has 1 rings (SSSR count). The highest BCUT2D eigenvalue weighted by atomic mass is 16.5. The van der Waals surface area contributed by atoms with Crippen molar-refractivity contribution in [3.05, 3.63) is 24.0 Å². The Hall–Kier alpha value is -0.720. The Morgan fingerprint density at radius 1 is 1.54 bits per heavy atom. The summed E-state index contributed by atoms with van der Waals surface area (Å²) in [7, 11) is 0. The second-order valence-electron chi connectivity index (χ2n) is 4.75. The largest absolute Gasteiger partial charge is 0.491 e. The van der Waals surface area contributed by atoms with Gasteiger partial charge in [0.15, 0.2) is 0 Å². The summed E-state index contributed by atoms with van der Waals surface area (Å²) in [6.07, 6.45) is 2.22. The number of hydrogen-bond donors (Lipinski definition) is 0. The predicted molar refractivity (Wildman–Crippen MR) is 56.4 cm³/mol. The second kappa shape index (κ2) is 3.21. The molecule has 1 atom stereocenters. The highest BCUT2D eigenvalue weighted by molar-refractivity contribution is 5.21. The van der Waals surface area contributed by atoms with Crippen molar-refractivity contribution < 1.29 is 4.74 Å². The van der Waals surface area contributed by atoms with E-state index in [0.29, 0.717) is 11.8 Å². The van der Waals surface area contributed by atoms with Crippen molar-refractivity contribution in [2.45, 2.75) is 40.2 Å². The number of rotatable bonds is 2. The van der Waals surface area contributed by atoms with Crippen LogP contribution in [0, 0.1) is 11.8 Å². The molecule has 0 saturated carbocycles. The maximum absolute atomic E-state index is 5.88. The summed E-state index contributed by atoms with van der Waals surface area (Å²) >= 11 is 0. The highest BCUT2D eigenvalue weighted by Gasteiger charge is 2.37. The standard InChI is InChI=1S/C12H20O/c1-8(2)10-7-11(9(3)4)13-12(10,5)6/h7,9-10H,1H2,2-6H3. The Labute approximate surface area is 81.5 Å². The summed E-state index contributed by atoms with van der Waals surface area (Å²) in [5, 5.41) is 0. The molecule has 0 aromatic heterocycles. The number of ether oxygens (including phenoxy) is 1. The fraction of sp³-hybridized carbons (Fsp3) is 0.667. The lowest BCUT2D eigenvalue weighted by molar-refractivity contribution is 0.0267. The Kier molecular flexibility index (Phi) is 2.56. The summed E-state index contributed by atoms with van der Waals surface area (Å²) in [5.74, 6) is 1.95. The van der Waals surface area contributed by atoms with Gasteiger partial charge in [-0.1, -0.05) is 26.0 Å². The Morgan fingerprint density at radius 2 is 2.08 bits per heavy atom. The molecule has 0 aromatic carbocycles. The van der Waals surface area contributed by atoms with E-state index in [1.165, 1.54) is 5.57 Å². The van der Waals surface area contributed by atoms with Crippen LogP contribution in [0.15, 0.2) is 24.0 Å². The van der Waals surface area contributed by atoms with E-state index in [4.69, 9.17) is 4.74 Å². The molecule has 13 heavy (non-hydrogen) atoms. The molecular weight excluding hydrogens is 160 g/mol. The fourth-order valence-corrected chi connectivity index (χ4v) is 1.81. The summed E-state index contributed by atoms with van der Waals surface area (Å²) < 4.78 is 5.88. The minimum Gasteiger partial charge on any atom is -0.491 e. The van der Waals surface area contributed by atoms with Crippen LogP contribution in [0.2, 0.25) is 0 Å². The molecule has 1 heterocycles. The van der Waals surface area contributed by atoms with Crippen LogP contribution in [-0.2, 0) is 4.74 Å². The van der Waals surface area contributed by atoms with Gasteiger partial charge in [-0.15, -0.1) is 0 Å². The molecule has 0 radical (unpaired) electrons. The van der Waals surface area contributed by atoms with Crippen LogP contribution in [0.5, 0.6) is 0 Å². The van der Waals surface area contributed by atoms with Crippen molar-refractivity contribution in [1.82, 2.24) is 0 Å². The van der Waals surface area contributed by atoms with Crippen LogP contribution in [0.3, 0.4) is 0 Å². The van der Waals surface area contributed by atoms with Crippen LogP contribution >= 0.6 is 0 Å². The lowest BCUT2D eigenvalue weighted by Crippen LogP contribution is -2.28. The zero-order valence-electron chi connectivity index (χ0n) is 9.35. The maximum atomic E-state index is 5.88. The van der Waals surface area contributed by atoms with E-state index in [1.54, 1.807) is 0 Å². The zero-order chi connectivity index (χ0) is 10.2. The third-order valence-corrected chi connectivity index (χ3v) is 2.56. The number of hydrogen-bond acceptors (Lipinski definition) is 1. The van der Waals surface area contributed by atoms with E-state index in [1.807, 2.05) is 0 Å². The van der Waals surface area contributed by atoms with Crippen LogP contribution < -0.4 is 0 Å². The van der Waals surface area contributed by atoms with Gasteiger partial charge in [-0.25, -0.2) is 0 Å². The smallest absolute Gasteiger partial charge is 0.113 e. The quantitative estimate of drug-likeness (QED) is 0.591. The van der Waals surface area contributed by atoms with E-state index < -0.39 is 0 Å². The lowest BCUT2D eigenvalue weighted by Gasteiger charge is -2.27. The first-order valence-electron chi connectivity index (χ1n) is 4.90. The van der Waals surface area contributed by atoms with Crippen molar-refractivity contribution in [2.24, 2.45) is 11.8 Å². The third kappa shape index (κ3) is 1.96. The fourth-order valence-electron chi connectivity index (χ4n) is 1.81. The first kappa shape index (κ1) is 10.4. The topological polar surface area (TPSA) is 9.23 Å². The van der Waals surface area contributed by atoms with Crippen LogP contribution in [0.25, 0.3) is 0 Å². The average Bonchev–Trinajstić information content (AvgIpc) is 2.25. The van der Waals surface area contributed by atoms with E-state index in [-0.39, 0.29) is 5.60 Å². The van der Waals surface area contributed by atoms with Crippen molar-refractivity contribution in [3.63, 3.8) is 0 Å². The third-order valence-electron chi connectivity index (χ3n) is 2.56. The van der Waals surface area contributed by atoms with Gasteiger partial charge in [-0.05, 0) is 26.8 Å². The summed E-state index contributed by atoms with van der Waals surface area (Å²) in [6.45, 7) is 14.6. The molecule has 0 aliphatic carbocycles. The van der Waals surface area contributed by atoms with Gasteiger partial charge in [0.1, 0.15) is 5.60 Å². The van der Waals surface area contributed by atoms with Gasteiger partial charge >= 0.3 is 0 Å². The molecule has 1 aliphatic rings. The van der Waals surface area contributed by atoms with Crippen molar-refractivity contribution >= 4 is 0 Å². The Bertz CT molecular complexity index is 246. The molecule has 0 saturated heterocycles. The molecule has 74 valence electrons. The molecule has 1 nitrogen and oxygen atoms in total. The van der Waals surface area contributed by atoms with Gasteiger partial charge in [0.2, 0.25) is 0 Å². The molecular formula is C12H20O. The van der Waals surface area contributed by atoms with Gasteiger partial charge in [-0.2, -0.15) is 0 Å². The Balaban J connectivity index is 2.89. The summed E-state index contributed by atoms with van der Waals surface area (Å²) in [5.41, 5.74) is 1.08. The normalized spacial score (nSPS) is 25.7. The monoisotopic (exact) mass is 180 g/mol. The summed E-state index contributed by atoms with van der Waals surface area (Å²) in [4.78, 5) is 0. The molecule has 1 unspecified atom stereocenters. The van der Waals surface area contributed by atoms with Crippen LogP contribution in [0.1, 0.15) is 34.6 Å².